The van der Waals surface area contributed by atoms with Crippen molar-refractivity contribution in [2.75, 3.05) is 13.2 Å². The third-order valence-corrected chi connectivity index (χ3v) is 12.3. The van der Waals surface area contributed by atoms with E-state index in [1.807, 2.05) is 6.92 Å². The molecule has 4 aliphatic carbocycles. The van der Waals surface area contributed by atoms with Crippen molar-refractivity contribution in [3.63, 3.8) is 0 Å². The van der Waals surface area contributed by atoms with Crippen LogP contribution < -0.4 is 0 Å². The molecule has 0 radical (unpaired) electrons. The molecule has 5 fully saturated rings. The first-order chi connectivity index (χ1) is 20.2. The van der Waals surface area contributed by atoms with Gasteiger partial charge in [0.05, 0.1) is 36.1 Å². The van der Waals surface area contributed by atoms with Gasteiger partial charge >= 0.3 is 11.9 Å². The largest absolute Gasteiger partial charge is 0.465 e. The lowest BCUT2D eigenvalue weighted by atomic mass is 9.40. The van der Waals surface area contributed by atoms with Crippen LogP contribution >= 0.6 is 0 Å². The summed E-state index contributed by atoms with van der Waals surface area (Å²) in [5.74, 6) is -2.47. The maximum Gasteiger partial charge on any atom is 0.331 e. The summed E-state index contributed by atoms with van der Waals surface area (Å²) in [5.41, 5.74) is -4.37. The summed E-state index contributed by atoms with van der Waals surface area (Å²) in [5, 5.41) is 67.7. The Morgan fingerprint density at radius 2 is 1.77 bits per heavy atom. The average molecular weight is 611 g/mol. The van der Waals surface area contributed by atoms with Crippen molar-refractivity contribution < 1.29 is 59.2 Å². The molecule has 4 saturated carbocycles. The highest BCUT2D eigenvalue weighted by molar-refractivity contribution is 5.85. The quantitative estimate of drug-likeness (QED) is 0.182. The van der Waals surface area contributed by atoms with Gasteiger partial charge in [0, 0.05) is 23.8 Å². The number of ether oxygens (including phenoxy) is 4. The number of aliphatic hydroxyl groups is 6. The number of carbonyl (C=O) groups is 2. The molecule has 0 spiro atoms. The van der Waals surface area contributed by atoms with E-state index in [9.17, 15) is 40.2 Å². The van der Waals surface area contributed by atoms with Crippen LogP contribution in [0.4, 0.5) is 0 Å². The first-order valence-electron chi connectivity index (χ1n) is 15.7. The van der Waals surface area contributed by atoms with Gasteiger partial charge in [0.15, 0.2) is 6.29 Å². The van der Waals surface area contributed by atoms with Crippen LogP contribution in [0.3, 0.4) is 0 Å². The Labute approximate surface area is 251 Å². The average Bonchev–Trinajstić information content (AvgIpc) is 3.49. The third-order valence-electron chi connectivity index (χ3n) is 12.3. The molecule has 0 amide bonds. The van der Waals surface area contributed by atoms with Crippen LogP contribution in [0, 0.1) is 28.6 Å². The standard InChI is InChI=1S/C31H46O12/c1-4-40-27(37)30-9-5-17(43-26-25(36)24(35)23(34)15(2)42-26)12-29(30,38)8-6-19-22(30)20(32)13-28(3)18(7-10-31(19,28)39)16-11-21(33)41-14-16/h11,15,17-20,22-26,32,34-36,38-39H,4-10,12-14H2,1-3H3/t15-,17-,18+,19-,20+,22+,23-,24+,25+,26+,28+,29-,30+,31-/m0/s1. The summed E-state index contributed by atoms with van der Waals surface area (Å²) in [7, 11) is 0. The maximum atomic E-state index is 14.0. The summed E-state index contributed by atoms with van der Waals surface area (Å²) < 4.78 is 22.5. The monoisotopic (exact) mass is 610 g/mol. The predicted octanol–water partition coefficient (Wildman–Crippen LogP) is 0.0850. The van der Waals surface area contributed by atoms with Gasteiger partial charge < -0.3 is 49.6 Å². The number of aliphatic hydroxyl groups excluding tert-OH is 4. The molecule has 0 aromatic carbocycles. The van der Waals surface area contributed by atoms with Crippen LogP contribution in [0.1, 0.15) is 72.1 Å². The second kappa shape index (κ2) is 10.7. The lowest BCUT2D eigenvalue weighted by Crippen LogP contribution is -2.73. The van der Waals surface area contributed by atoms with Gasteiger partial charge in [-0.15, -0.1) is 0 Å². The summed E-state index contributed by atoms with van der Waals surface area (Å²) in [6.07, 6.45) is -4.41. The molecule has 1 saturated heterocycles. The van der Waals surface area contributed by atoms with Crippen molar-refractivity contribution in [2.45, 2.75) is 126 Å². The molecule has 12 heteroatoms. The zero-order valence-corrected chi connectivity index (χ0v) is 25.1. The van der Waals surface area contributed by atoms with E-state index in [0.29, 0.717) is 19.3 Å². The van der Waals surface area contributed by atoms with E-state index in [0.717, 1.165) is 5.57 Å². The molecule has 2 heterocycles. The molecule has 14 atom stereocenters. The van der Waals surface area contributed by atoms with Crippen molar-refractivity contribution in [2.24, 2.45) is 28.6 Å². The normalized spacial score (nSPS) is 52.9. The smallest absolute Gasteiger partial charge is 0.331 e. The minimum atomic E-state index is -1.65. The first-order valence-corrected chi connectivity index (χ1v) is 15.7. The molecular weight excluding hydrogens is 564 g/mol. The van der Waals surface area contributed by atoms with Crippen LogP contribution in [0.2, 0.25) is 0 Å². The molecule has 6 N–H and O–H groups in total. The van der Waals surface area contributed by atoms with Crippen LogP contribution in [0.25, 0.3) is 0 Å². The number of fused-ring (bicyclic) bond motifs is 5. The zero-order valence-electron chi connectivity index (χ0n) is 25.1. The lowest BCUT2D eigenvalue weighted by molar-refractivity contribution is -0.322. The highest BCUT2D eigenvalue weighted by atomic mass is 16.7. The van der Waals surface area contributed by atoms with Gasteiger partial charge in [-0.1, -0.05) is 6.92 Å². The van der Waals surface area contributed by atoms with Gasteiger partial charge in [0.25, 0.3) is 0 Å². The van der Waals surface area contributed by atoms with Crippen LogP contribution in [0.5, 0.6) is 0 Å². The number of rotatable bonds is 5. The van der Waals surface area contributed by atoms with Gasteiger partial charge in [-0.2, -0.15) is 0 Å². The summed E-state index contributed by atoms with van der Waals surface area (Å²) in [4.78, 5) is 25.9. The highest BCUT2D eigenvalue weighted by Crippen LogP contribution is 2.71. The van der Waals surface area contributed by atoms with E-state index in [-0.39, 0.29) is 51.2 Å². The van der Waals surface area contributed by atoms with Crippen LogP contribution in [-0.4, -0.2) is 110 Å². The zero-order chi connectivity index (χ0) is 31.1. The third kappa shape index (κ3) is 4.39. The number of hydrogen-bond acceptors (Lipinski definition) is 12. The molecule has 6 aliphatic rings. The molecule has 6 rings (SSSR count). The molecule has 43 heavy (non-hydrogen) atoms. The Bertz CT molecular complexity index is 1160. The molecule has 12 nitrogen and oxygen atoms in total. The van der Waals surface area contributed by atoms with Crippen LogP contribution in [0.15, 0.2) is 11.6 Å². The minimum absolute atomic E-state index is 0.00791. The van der Waals surface area contributed by atoms with E-state index in [2.05, 4.69) is 0 Å². The summed E-state index contributed by atoms with van der Waals surface area (Å²) in [6.45, 7) is 5.45. The van der Waals surface area contributed by atoms with Crippen LogP contribution in [-0.2, 0) is 28.5 Å². The van der Waals surface area contributed by atoms with Gasteiger partial charge in [-0.05, 0) is 76.2 Å². The Kier molecular flexibility index (Phi) is 7.82. The van der Waals surface area contributed by atoms with Crippen molar-refractivity contribution in [3.8, 4) is 0 Å². The molecule has 0 unspecified atom stereocenters. The predicted molar refractivity (Wildman–Crippen MR) is 147 cm³/mol. The van der Waals surface area contributed by atoms with Crippen molar-refractivity contribution in [1.82, 2.24) is 0 Å². The highest BCUT2D eigenvalue weighted by Gasteiger charge is 2.76. The van der Waals surface area contributed by atoms with E-state index < -0.39 is 88.7 Å². The number of esters is 2. The number of cyclic esters (lactones) is 1. The van der Waals surface area contributed by atoms with Gasteiger partial charge in [-0.25, -0.2) is 4.79 Å². The van der Waals surface area contributed by atoms with E-state index in [4.69, 9.17) is 18.9 Å². The molecule has 2 aliphatic heterocycles. The van der Waals surface area contributed by atoms with Gasteiger partial charge in [0.1, 0.15) is 30.3 Å². The number of hydrogen-bond donors (Lipinski definition) is 6. The van der Waals surface area contributed by atoms with Gasteiger partial charge in [-0.3, -0.25) is 4.79 Å². The van der Waals surface area contributed by atoms with E-state index >= 15 is 0 Å². The Balaban J connectivity index is 1.31. The van der Waals surface area contributed by atoms with E-state index in [1.165, 1.54) is 6.08 Å². The second-order valence-electron chi connectivity index (χ2n) is 14.1. The van der Waals surface area contributed by atoms with Gasteiger partial charge in [0.2, 0.25) is 0 Å². The van der Waals surface area contributed by atoms with Crippen molar-refractivity contribution in [3.05, 3.63) is 11.6 Å². The molecule has 0 aromatic rings. The fraction of sp³-hybridized carbons (Fsp3) is 0.871. The molecular formula is C31H46O12. The minimum Gasteiger partial charge on any atom is -0.465 e. The SMILES string of the molecule is CCOC(=O)[C@]12CC[C@H](O[C@H]3O[C@@H](C)[C@H](O)[C@@H](O)[C@H]3O)C[C@@]1(O)CC[C@H]1[C@@H]2[C@H](O)C[C@]2(C)[C@@H](C3=CC(=O)OC3)CC[C@]12O. The molecule has 0 aromatic heterocycles. The first kappa shape index (κ1) is 31.3. The molecule has 0 bridgehead atoms. The summed E-state index contributed by atoms with van der Waals surface area (Å²) >= 11 is 0. The van der Waals surface area contributed by atoms with Crippen molar-refractivity contribution >= 4 is 11.9 Å². The summed E-state index contributed by atoms with van der Waals surface area (Å²) in [6, 6.07) is 0. The Morgan fingerprint density at radius 1 is 1.02 bits per heavy atom. The van der Waals surface area contributed by atoms with E-state index in [1.54, 1.807) is 13.8 Å². The van der Waals surface area contributed by atoms with Crippen molar-refractivity contribution in [1.29, 1.82) is 0 Å². The second-order valence-corrected chi connectivity index (χ2v) is 14.1. The topological polar surface area (TPSA) is 192 Å². The fourth-order valence-corrected chi connectivity index (χ4v) is 10.2. The lowest BCUT2D eigenvalue weighted by Gasteiger charge is -2.66. The fourth-order valence-electron chi connectivity index (χ4n) is 10.2. The number of carbonyl (C=O) groups excluding carboxylic acids is 2. The maximum absolute atomic E-state index is 14.0. The molecule has 242 valence electrons. The Hall–Kier alpha value is -1.64. The Morgan fingerprint density at radius 3 is 2.44 bits per heavy atom.